The van der Waals surface area contributed by atoms with E-state index < -0.39 is 6.29 Å². The molecule has 1 saturated carbocycles. The highest BCUT2D eigenvalue weighted by molar-refractivity contribution is 4.85. The Hall–Kier alpha value is -0.120. The van der Waals surface area contributed by atoms with Crippen molar-refractivity contribution in [2.45, 2.75) is 38.1 Å². The molecule has 1 aliphatic carbocycles. The quantitative estimate of drug-likeness (QED) is 0.559. The maximum absolute atomic E-state index is 9.59. The third-order valence-electron chi connectivity index (χ3n) is 3.17. The van der Waals surface area contributed by atoms with Crippen molar-refractivity contribution >= 4 is 0 Å². The van der Waals surface area contributed by atoms with Crippen LogP contribution >= 0.6 is 0 Å². The van der Waals surface area contributed by atoms with Crippen LogP contribution in [-0.4, -0.2) is 29.2 Å². The van der Waals surface area contributed by atoms with Gasteiger partial charge in [0.25, 0.3) is 0 Å². The van der Waals surface area contributed by atoms with Crippen LogP contribution in [0.2, 0.25) is 0 Å². The van der Waals surface area contributed by atoms with Gasteiger partial charge in [-0.25, -0.2) is 0 Å². The first kappa shape index (κ1) is 8.48. The van der Waals surface area contributed by atoms with Crippen molar-refractivity contribution in [1.29, 1.82) is 0 Å². The van der Waals surface area contributed by atoms with Gasteiger partial charge in [-0.3, -0.25) is 0 Å². The molecule has 12 heavy (non-hydrogen) atoms. The van der Waals surface area contributed by atoms with Crippen molar-refractivity contribution in [2.24, 2.45) is 11.8 Å². The summed E-state index contributed by atoms with van der Waals surface area (Å²) in [5, 5.41) is 19.1. The molecule has 0 aromatic rings. The smallest absolute Gasteiger partial charge is 0.157 e. The zero-order valence-corrected chi connectivity index (χ0v) is 7.15. The molecule has 2 rings (SSSR count). The van der Waals surface area contributed by atoms with Gasteiger partial charge in [0, 0.05) is 5.92 Å². The Morgan fingerprint density at radius 2 is 1.67 bits per heavy atom. The first-order valence-corrected chi connectivity index (χ1v) is 4.77. The van der Waals surface area contributed by atoms with Crippen LogP contribution in [0.15, 0.2) is 0 Å². The molecule has 4 atom stereocenters. The van der Waals surface area contributed by atoms with E-state index in [0.29, 0.717) is 6.61 Å². The van der Waals surface area contributed by atoms with Crippen molar-refractivity contribution in [3.05, 3.63) is 0 Å². The van der Waals surface area contributed by atoms with Crippen molar-refractivity contribution in [3.63, 3.8) is 0 Å². The second kappa shape index (κ2) is 3.32. The summed E-state index contributed by atoms with van der Waals surface area (Å²) < 4.78 is 5.07. The Morgan fingerprint density at radius 1 is 1.00 bits per heavy atom. The summed E-state index contributed by atoms with van der Waals surface area (Å²) in [6.45, 7) is 0.308. The van der Waals surface area contributed by atoms with Gasteiger partial charge in [0.2, 0.25) is 0 Å². The topological polar surface area (TPSA) is 49.7 Å². The molecule has 2 N–H and O–H groups in total. The lowest BCUT2D eigenvalue weighted by atomic mass is 9.75. The van der Waals surface area contributed by atoms with Crippen molar-refractivity contribution in [2.75, 3.05) is 6.61 Å². The molecule has 2 fully saturated rings. The van der Waals surface area contributed by atoms with E-state index >= 15 is 0 Å². The standard InChI is InChI=1S/C9H16O3/c10-8-5-12-9(11)7-4-2-1-3-6(7)8/h6-11H,1-5H2/t6-,7+,8-,9?/m1/s1. The highest BCUT2D eigenvalue weighted by Gasteiger charge is 2.39. The van der Waals surface area contributed by atoms with Gasteiger partial charge >= 0.3 is 0 Å². The lowest BCUT2D eigenvalue weighted by Crippen LogP contribution is -2.46. The highest BCUT2D eigenvalue weighted by Crippen LogP contribution is 2.37. The third-order valence-corrected chi connectivity index (χ3v) is 3.17. The summed E-state index contributed by atoms with van der Waals surface area (Å²) in [5.41, 5.74) is 0. The summed E-state index contributed by atoms with van der Waals surface area (Å²) >= 11 is 0. The Balaban J connectivity index is 2.05. The minimum atomic E-state index is -0.626. The Bertz CT molecular complexity index is 142. The van der Waals surface area contributed by atoms with E-state index in [-0.39, 0.29) is 17.9 Å². The summed E-state index contributed by atoms with van der Waals surface area (Å²) in [6.07, 6.45) is 3.42. The van der Waals surface area contributed by atoms with Gasteiger partial charge in [-0.15, -0.1) is 0 Å². The fraction of sp³-hybridized carbons (Fsp3) is 1.00. The van der Waals surface area contributed by atoms with Gasteiger partial charge < -0.3 is 14.9 Å². The van der Waals surface area contributed by atoms with E-state index in [1.165, 1.54) is 6.42 Å². The van der Waals surface area contributed by atoms with Gasteiger partial charge in [-0.1, -0.05) is 12.8 Å². The molecule has 0 bridgehead atoms. The number of aliphatic hydroxyl groups is 2. The van der Waals surface area contributed by atoms with Crippen LogP contribution in [0.1, 0.15) is 25.7 Å². The molecular weight excluding hydrogens is 156 g/mol. The number of ether oxygens (including phenoxy) is 1. The van der Waals surface area contributed by atoms with E-state index in [4.69, 9.17) is 4.74 Å². The van der Waals surface area contributed by atoms with E-state index in [1.54, 1.807) is 0 Å². The molecule has 2 aliphatic rings. The third kappa shape index (κ3) is 1.37. The molecule has 70 valence electrons. The van der Waals surface area contributed by atoms with Crippen LogP contribution in [0.25, 0.3) is 0 Å². The zero-order chi connectivity index (χ0) is 8.55. The predicted octanol–water partition coefficient (Wildman–Crippen LogP) is 0.502. The minimum absolute atomic E-state index is 0.183. The first-order chi connectivity index (χ1) is 5.79. The number of fused-ring (bicyclic) bond motifs is 1. The molecular formula is C9H16O3. The molecule has 1 aliphatic heterocycles. The highest BCUT2D eigenvalue weighted by atomic mass is 16.6. The van der Waals surface area contributed by atoms with Gasteiger partial charge in [0.1, 0.15) is 0 Å². The Labute approximate surface area is 72.3 Å². The molecule has 0 spiro atoms. The molecule has 3 heteroatoms. The molecule has 0 aromatic carbocycles. The van der Waals surface area contributed by atoms with Crippen molar-refractivity contribution in [1.82, 2.24) is 0 Å². The summed E-state index contributed by atoms with van der Waals surface area (Å²) in [7, 11) is 0. The minimum Gasteiger partial charge on any atom is -0.390 e. The average molecular weight is 172 g/mol. The van der Waals surface area contributed by atoms with E-state index in [2.05, 4.69) is 0 Å². The second-order valence-corrected chi connectivity index (χ2v) is 3.90. The molecule has 1 unspecified atom stereocenters. The fourth-order valence-electron chi connectivity index (χ4n) is 2.46. The molecule has 0 aromatic heterocycles. The Morgan fingerprint density at radius 3 is 2.33 bits per heavy atom. The van der Waals surface area contributed by atoms with Gasteiger partial charge in [0.15, 0.2) is 6.29 Å². The summed E-state index contributed by atoms with van der Waals surface area (Å²) in [5.74, 6) is 0.463. The van der Waals surface area contributed by atoms with Crippen molar-refractivity contribution < 1.29 is 14.9 Å². The van der Waals surface area contributed by atoms with Crippen LogP contribution in [0.5, 0.6) is 0 Å². The first-order valence-electron chi connectivity index (χ1n) is 4.77. The average Bonchev–Trinajstić information content (AvgIpc) is 2.12. The van der Waals surface area contributed by atoms with Gasteiger partial charge in [-0.2, -0.15) is 0 Å². The number of aliphatic hydroxyl groups excluding tert-OH is 2. The van der Waals surface area contributed by atoms with Crippen LogP contribution in [-0.2, 0) is 4.74 Å². The largest absolute Gasteiger partial charge is 0.390 e. The lowest BCUT2D eigenvalue weighted by Gasteiger charge is -2.41. The predicted molar refractivity (Wildman–Crippen MR) is 43.4 cm³/mol. The van der Waals surface area contributed by atoms with Gasteiger partial charge in [-0.05, 0) is 18.8 Å². The maximum Gasteiger partial charge on any atom is 0.157 e. The zero-order valence-electron chi connectivity index (χ0n) is 7.15. The molecule has 0 amide bonds. The van der Waals surface area contributed by atoms with E-state index in [0.717, 1.165) is 19.3 Å². The number of hydrogen-bond acceptors (Lipinski definition) is 3. The maximum atomic E-state index is 9.59. The molecule has 3 nitrogen and oxygen atoms in total. The second-order valence-electron chi connectivity index (χ2n) is 3.90. The lowest BCUT2D eigenvalue weighted by molar-refractivity contribution is -0.220. The fourth-order valence-corrected chi connectivity index (χ4v) is 2.46. The van der Waals surface area contributed by atoms with Crippen LogP contribution in [0, 0.1) is 11.8 Å². The Kier molecular flexibility index (Phi) is 2.35. The summed E-state index contributed by atoms with van der Waals surface area (Å²) in [4.78, 5) is 0. The van der Waals surface area contributed by atoms with Crippen LogP contribution < -0.4 is 0 Å². The normalized spacial score (nSPS) is 48.5. The molecule has 0 radical (unpaired) electrons. The van der Waals surface area contributed by atoms with Gasteiger partial charge in [0.05, 0.1) is 12.7 Å². The van der Waals surface area contributed by atoms with E-state index in [1.807, 2.05) is 0 Å². The summed E-state index contributed by atoms with van der Waals surface area (Å²) in [6, 6.07) is 0. The van der Waals surface area contributed by atoms with Crippen LogP contribution in [0.3, 0.4) is 0 Å². The monoisotopic (exact) mass is 172 g/mol. The number of hydrogen-bond donors (Lipinski definition) is 2. The number of rotatable bonds is 0. The van der Waals surface area contributed by atoms with Crippen molar-refractivity contribution in [3.8, 4) is 0 Å². The SMILES string of the molecule is OC1OC[C@@H](O)[C@@H]2CCCC[C@H]12. The van der Waals surface area contributed by atoms with Crippen LogP contribution in [0.4, 0.5) is 0 Å². The molecule has 1 heterocycles. The van der Waals surface area contributed by atoms with E-state index in [9.17, 15) is 10.2 Å². The molecule has 1 saturated heterocycles.